The normalized spacial score (nSPS) is 23.8. The third-order valence-electron chi connectivity index (χ3n) is 6.45. The summed E-state index contributed by atoms with van der Waals surface area (Å²) in [6.45, 7) is 3.26. The number of rotatable bonds is 6. The Labute approximate surface area is 173 Å². The minimum atomic E-state index is -0.129. The monoisotopic (exact) mass is 393 g/mol. The summed E-state index contributed by atoms with van der Waals surface area (Å²) in [6, 6.07) is 8.37. The van der Waals surface area contributed by atoms with Crippen LogP contribution in [0.2, 0.25) is 0 Å². The zero-order valence-electron chi connectivity index (χ0n) is 17.5. The summed E-state index contributed by atoms with van der Waals surface area (Å²) in [7, 11) is 2.12. The molecule has 1 saturated heterocycles. The highest BCUT2D eigenvalue weighted by Gasteiger charge is 2.20. The molecule has 0 saturated carbocycles. The molecular weight excluding hydrogens is 361 g/mol. The van der Waals surface area contributed by atoms with Gasteiger partial charge in [-0.2, -0.15) is 0 Å². The molecule has 1 aromatic carbocycles. The van der Waals surface area contributed by atoms with Crippen LogP contribution in [0.15, 0.2) is 60.0 Å². The summed E-state index contributed by atoms with van der Waals surface area (Å²) in [5.41, 5.74) is 3.70. The third kappa shape index (κ3) is 5.24. The highest BCUT2D eigenvalue weighted by atomic mass is 19.1. The average molecular weight is 394 g/mol. The summed E-state index contributed by atoms with van der Waals surface area (Å²) in [5, 5.41) is 0. The molecule has 2 heterocycles. The van der Waals surface area contributed by atoms with E-state index < -0.39 is 0 Å². The number of hydrogen-bond acceptors (Lipinski definition) is 2. The number of imidazole rings is 1. The summed E-state index contributed by atoms with van der Waals surface area (Å²) in [6.07, 6.45) is 15.3. The second kappa shape index (κ2) is 9.53. The van der Waals surface area contributed by atoms with Gasteiger partial charge < -0.3 is 4.57 Å². The lowest BCUT2D eigenvalue weighted by Crippen LogP contribution is -2.34. The summed E-state index contributed by atoms with van der Waals surface area (Å²) < 4.78 is 15.6. The molecule has 0 radical (unpaired) electrons. The molecule has 0 N–H and O–H groups in total. The molecule has 0 unspecified atom stereocenters. The van der Waals surface area contributed by atoms with Crippen LogP contribution in [0.1, 0.15) is 50.8 Å². The number of allylic oxidation sites excluding steroid dienone is 6. The minimum Gasteiger partial charge on any atom is -0.330 e. The van der Waals surface area contributed by atoms with Crippen LogP contribution in [-0.4, -0.2) is 27.5 Å². The number of fused-ring (bicyclic) bond motifs is 1. The molecule has 1 fully saturated rings. The van der Waals surface area contributed by atoms with E-state index in [2.05, 4.69) is 40.8 Å². The molecule has 2 aliphatic rings. The fraction of sp³-hybridized carbons (Fsp3) is 0.480. The van der Waals surface area contributed by atoms with Gasteiger partial charge in [0.2, 0.25) is 0 Å². The molecule has 0 amide bonds. The van der Waals surface area contributed by atoms with E-state index in [4.69, 9.17) is 4.98 Å². The molecular formula is C25H32FN3. The molecule has 2 aromatic rings. The highest BCUT2D eigenvalue weighted by molar-refractivity contribution is 5.75. The summed E-state index contributed by atoms with van der Waals surface area (Å²) >= 11 is 0. The molecule has 0 atom stereocenters. The maximum absolute atomic E-state index is 13.4. The number of likely N-dealkylation sites (tertiary alicyclic amines) is 1. The van der Waals surface area contributed by atoms with Crippen molar-refractivity contribution in [3.63, 3.8) is 0 Å². The highest BCUT2D eigenvalue weighted by Crippen LogP contribution is 2.26. The SMILES string of the molecule is Cn1c(CN2CCC(CCC/C3=C/C=C(F)\C=C/CC3)CC2)nc2ccccc21. The van der Waals surface area contributed by atoms with E-state index in [-0.39, 0.29) is 5.83 Å². The molecule has 1 aliphatic heterocycles. The van der Waals surface area contributed by atoms with Crippen LogP contribution >= 0.6 is 0 Å². The Kier molecular flexibility index (Phi) is 6.60. The fourth-order valence-electron chi connectivity index (χ4n) is 4.60. The molecule has 0 bridgehead atoms. The first-order chi connectivity index (χ1) is 14.2. The van der Waals surface area contributed by atoms with E-state index in [9.17, 15) is 4.39 Å². The Morgan fingerprint density at radius 1 is 1.14 bits per heavy atom. The van der Waals surface area contributed by atoms with Crippen molar-refractivity contribution in [3.05, 3.63) is 65.8 Å². The topological polar surface area (TPSA) is 21.1 Å². The smallest absolute Gasteiger partial charge is 0.123 e. The number of para-hydroxylation sites is 2. The van der Waals surface area contributed by atoms with Crippen LogP contribution in [0, 0.1) is 5.92 Å². The predicted octanol–water partition coefficient (Wildman–Crippen LogP) is 6.09. The Bertz CT molecular complexity index is 913. The molecule has 1 aliphatic carbocycles. The van der Waals surface area contributed by atoms with Crippen LogP contribution in [-0.2, 0) is 13.6 Å². The van der Waals surface area contributed by atoms with Crippen LogP contribution in [0.3, 0.4) is 0 Å². The van der Waals surface area contributed by atoms with Gasteiger partial charge in [-0.1, -0.05) is 36.3 Å². The number of piperidine rings is 1. The lowest BCUT2D eigenvalue weighted by Gasteiger charge is -2.31. The first kappa shape index (κ1) is 20.1. The summed E-state index contributed by atoms with van der Waals surface area (Å²) in [4.78, 5) is 7.38. The first-order valence-electron chi connectivity index (χ1n) is 11.0. The zero-order valence-corrected chi connectivity index (χ0v) is 17.5. The second-order valence-corrected chi connectivity index (χ2v) is 8.51. The van der Waals surface area contributed by atoms with E-state index in [0.29, 0.717) is 0 Å². The van der Waals surface area contributed by atoms with Crippen molar-refractivity contribution in [2.75, 3.05) is 13.1 Å². The van der Waals surface area contributed by atoms with Crippen LogP contribution in [0.25, 0.3) is 11.0 Å². The molecule has 154 valence electrons. The number of halogens is 1. The third-order valence-corrected chi connectivity index (χ3v) is 6.45. The number of aryl methyl sites for hydroxylation is 1. The number of benzene rings is 1. The van der Waals surface area contributed by atoms with E-state index >= 15 is 0 Å². The Balaban J connectivity index is 1.22. The van der Waals surface area contributed by atoms with Gasteiger partial charge >= 0.3 is 0 Å². The van der Waals surface area contributed by atoms with Crippen molar-refractivity contribution in [3.8, 4) is 0 Å². The van der Waals surface area contributed by atoms with Crippen LogP contribution in [0.5, 0.6) is 0 Å². The number of hydrogen-bond donors (Lipinski definition) is 0. The Hall–Kier alpha value is -2.20. The van der Waals surface area contributed by atoms with Crippen molar-refractivity contribution in [1.29, 1.82) is 0 Å². The Morgan fingerprint density at radius 3 is 2.79 bits per heavy atom. The Morgan fingerprint density at radius 2 is 1.97 bits per heavy atom. The van der Waals surface area contributed by atoms with E-state index in [1.807, 2.05) is 12.2 Å². The number of aromatic nitrogens is 2. The van der Waals surface area contributed by atoms with Gasteiger partial charge in [0, 0.05) is 7.05 Å². The lowest BCUT2D eigenvalue weighted by molar-refractivity contribution is 0.166. The predicted molar refractivity (Wildman–Crippen MR) is 118 cm³/mol. The van der Waals surface area contributed by atoms with Gasteiger partial charge in [-0.25, -0.2) is 9.37 Å². The number of nitrogens with zero attached hydrogens (tertiary/aromatic N) is 3. The van der Waals surface area contributed by atoms with Gasteiger partial charge in [0.05, 0.1) is 17.6 Å². The van der Waals surface area contributed by atoms with E-state index in [1.165, 1.54) is 36.8 Å². The van der Waals surface area contributed by atoms with Gasteiger partial charge in [0.15, 0.2) is 0 Å². The largest absolute Gasteiger partial charge is 0.330 e. The van der Waals surface area contributed by atoms with Gasteiger partial charge in [-0.15, -0.1) is 0 Å². The maximum Gasteiger partial charge on any atom is 0.123 e. The van der Waals surface area contributed by atoms with Gasteiger partial charge in [-0.05, 0) is 81.8 Å². The van der Waals surface area contributed by atoms with Gasteiger partial charge in [0.25, 0.3) is 0 Å². The molecule has 3 nitrogen and oxygen atoms in total. The quantitative estimate of drug-likeness (QED) is 0.592. The molecule has 1 aromatic heterocycles. The first-order valence-corrected chi connectivity index (χ1v) is 11.0. The average Bonchev–Trinajstić information content (AvgIpc) is 3.04. The van der Waals surface area contributed by atoms with Crippen molar-refractivity contribution < 1.29 is 4.39 Å². The van der Waals surface area contributed by atoms with Crippen LogP contribution < -0.4 is 0 Å². The van der Waals surface area contributed by atoms with Crippen molar-refractivity contribution in [2.45, 2.75) is 51.5 Å². The van der Waals surface area contributed by atoms with Crippen molar-refractivity contribution in [1.82, 2.24) is 14.5 Å². The van der Waals surface area contributed by atoms with E-state index in [0.717, 1.165) is 56.2 Å². The van der Waals surface area contributed by atoms with Crippen molar-refractivity contribution >= 4 is 11.0 Å². The summed E-state index contributed by atoms with van der Waals surface area (Å²) in [5.74, 6) is 1.86. The van der Waals surface area contributed by atoms with Gasteiger partial charge in [-0.3, -0.25) is 4.90 Å². The molecule has 4 rings (SSSR count). The van der Waals surface area contributed by atoms with Crippen LogP contribution in [0.4, 0.5) is 4.39 Å². The zero-order chi connectivity index (χ0) is 20.1. The molecule has 4 heteroatoms. The van der Waals surface area contributed by atoms with E-state index in [1.54, 1.807) is 12.2 Å². The van der Waals surface area contributed by atoms with Gasteiger partial charge in [0.1, 0.15) is 11.7 Å². The molecule has 0 spiro atoms. The second-order valence-electron chi connectivity index (χ2n) is 8.51. The molecule has 29 heavy (non-hydrogen) atoms. The fourth-order valence-corrected chi connectivity index (χ4v) is 4.60. The van der Waals surface area contributed by atoms with Crippen molar-refractivity contribution in [2.24, 2.45) is 13.0 Å². The lowest BCUT2D eigenvalue weighted by atomic mass is 9.90. The standard InChI is InChI=1S/C25H32FN3/c1-28-24-12-5-4-11-23(24)27-25(28)19-29-17-15-21(16-18-29)9-6-8-20-7-2-3-10-22(26)14-13-20/h3-5,10-14,21H,2,6-9,15-19H2,1H3/b10-3-,20-13+,22-14+. The maximum atomic E-state index is 13.4. The minimum absolute atomic E-state index is 0.129.